The Balaban J connectivity index is 0.00000288. The molecule has 0 aromatic heterocycles. The SMILES string of the molecule is CCNC(=NCC1(c2cccc(Br)c2)CC1)NCCC(=O)OC.I. The number of carbonyl (C=O) groups excluding carboxylic acids is 1. The smallest absolute Gasteiger partial charge is 0.307 e. The van der Waals surface area contributed by atoms with Gasteiger partial charge in [0, 0.05) is 23.0 Å². The summed E-state index contributed by atoms with van der Waals surface area (Å²) in [7, 11) is 1.40. The van der Waals surface area contributed by atoms with Crippen LogP contribution in [0.25, 0.3) is 0 Å². The number of halogens is 2. The molecule has 0 aliphatic heterocycles. The van der Waals surface area contributed by atoms with E-state index in [4.69, 9.17) is 4.99 Å². The van der Waals surface area contributed by atoms with Crippen LogP contribution in [0.15, 0.2) is 33.7 Å². The average Bonchev–Trinajstić information content (AvgIpc) is 3.33. The molecule has 0 unspecified atom stereocenters. The lowest BCUT2D eigenvalue weighted by Crippen LogP contribution is -2.39. The molecule has 1 aromatic carbocycles. The summed E-state index contributed by atoms with van der Waals surface area (Å²) in [6, 6.07) is 8.47. The van der Waals surface area contributed by atoms with E-state index in [1.54, 1.807) is 0 Å². The van der Waals surface area contributed by atoms with Gasteiger partial charge in [0.25, 0.3) is 0 Å². The molecule has 1 saturated carbocycles. The van der Waals surface area contributed by atoms with Crippen LogP contribution in [0.5, 0.6) is 0 Å². The molecular weight excluding hydrogens is 485 g/mol. The molecule has 0 saturated heterocycles. The standard InChI is InChI=1S/C17H24BrN3O2.HI/c1-3-19-16(20-10-7-15(22)23-2)21-12-17(8-9-17)13-5-4-6-14(18)11-13;/h4-6,11H,3,7-10,12H2,1-2H3,(H2,19,20,21);1H. The van der Waals surface area contributed by atoms with Gasteiger partial charge in [0.1, 0.15) is 0 Å². The van der Waals surface area contributed by atoms with Gasteiger partial charge in [0.15, 0.2) is 5.96 Å². The minimum Gasteiger partial charge on any atom is -0.469 e. The Morgan fingerprint density at radius 1 is 1.38 bits per heavy atom. The molecule has 2 rings (SSSR count). The van der Waals surface area contributed by atoms with Crippen LogP contribution in [0.3, 0.4) is 0 Å². The zero-order valence-electron chi connectivity index (χ0n) is 14.1. The predicted octanol–water partition coefficient (Wildman–Crippen LogP) is 3.22. The number of ether oxygens (including phenoxy) is 1. The molecule has 134 valence electrons. The minimum absolute atomic E-state index is 0. The zero-order chi connectivity index (χ0) is 16.7. The maximum absolute atomic E-state index is 11.2. The number of carbonyl (C=O) groups is 1. The maximum Gasteiger partial charge on any atom is 0.307 e. The molecule has 0 atom stereocenters. The number of esters is 1. The minimum atomic E-state index is -0.221. The first-order chi connectivity index (χ1) is 11.1. The first-order valence-electron chi connectivity index (χ1n) is 7.95. The third kappa shape index (κ3) is 6.23. The van der Waals surface area contributed by atoms with Gasteiger partial charge in [-0.2, -0.15) is 0 Å². The summed E-state index contributed by atoms with van der Waals surface area (Å²) in [6.45, 7) is 4.08. The molecule has 24 heavy (non-hydrogen) atoms. The van der Waals surface area contributed by atoms with E-state index >= 15 is 0 Å². The summed E-state index contributed by atoms with van der Waals surface area (Å²) >= 11 is 3.54. The molecule has 2 N–H and O–H groups in total. The number of nitrogens with one attached hydrogen (secondary N) is 2. The summed E-state index contributed by atoms with van der Waals surface area (Å²) in [6.07, 6.45) is 2.65. The number of nitrogens with zero attached hydrogens (tertiary/aromatic N) is 1. The van der Waals surface area contributed by atoms with Crippen molar-refractivity contribution in [2.45, 2.75) is 31.6 Å². The van der Waals surface area contributed by atoms with E-state index in [-0.39, 0.29) is 35.4 Å². The van der Waals surface area contributed by atoms with Crippen LogP contribution in [-0.2, 0) is 14.9 Å². The van der Waals surface area contributed by atoms with Gasteiger partial charge in [-0.15, -0.1) is 24.0 Å². The summed E-state index contributed by atoms with van der Waals surface area (Å²) in [5.41, 5.74) is 1.50. The van der Waals surface area contributed by atoms with Gasteiger partial charge < -0.3 is 15.4 Å². The van der Waals surface area contributed by atoms with Crippen LogP contribution < -0.4 is 10.6 Å². The molecule has 7 heteroatoms. The van der Waals surface area contributed by atoms with E-state index in [0.29, 0.717) is 13.0 Å². The molecular formula is C17H25BrIN3O2. The van der Waals surface area contributed by atoms with Gasteiger partial charge in [0.2, 0.25) is 0 Å². The van der Waals surface area contributed by atoms with Crippen LogP contribution in [0.2, 0.25) is 0 Å². The molecule has 0 amide bonds. The van der Waals surface area contributed by atoms with Crippen molar-refractivity contribution in [3.05, 3.63) is 34.3 Å². The highest BCUT2D eigenvalue weighted by Gasteiger charge is 2.44. The quantitative estimate of drug-likeness (QED) is 0.256. The van der Waals surface area contributed by atoms with Crippen molar-refractivity contribution in [2.24, 2.45) is 4.99 Å². The normalized spacial score (nSPS) is 15.2. The van der Waals surface area contributed by atoms with Gasteiger partial charge in [0.05, 0.1) is 20.1 Å². The van der Waals surface area contributed by atoms with Crippen LogP contribution in [0, 0.1) is 0 Å². The molecule has 0 bridgehead atoms. The number of aliphatic imine (C=N–C) groups is 1. The van der Waals surface area contributed by atoms with Crippen molar-refractivity contribution in [1.82, 2.24) is 10.6 Å². The predicted molar refractivity (Wildman–Crippen MR) is 111 cm³/mol. The summed E-state index contributed by atoms with van der Waals surface area (Å²) in [5.74, 6) is 0.527. The first-order valence-corrected chi connectivity index (χ1v) is 8.74. The molecule has 0 spiro atoms. The molecule has 0 heterocycles. The van der Waals surface area contributed by atoms with Crippen molar-refractivity contribution in [3.8, 4) is 0 Å². The lowest BCUT2D eigenvalue weighted by atomic mass is 9.96. The number of rotatable bonds is 7. The van der Waals surface area contributed by atoms with Crippen LogP contribution in [0.1, 0.15) is 31.7 Å². The number of guanidine groups is 1. The highest BCUT2D eigenvalue weighted by molar-refractivity contribution is 14.0. The van der Waals surface area contributed by atoms with Crippen molar-refractivity contribution in [3.63, 3.8) is 0 Å². The van der Waals surface area contributed by atoms with Crippen molar-refractivity contribution < 1.29 is 9.53 Å². The summed E-state index contributed by atoms with van der Waals surface area (Å²) in [5, 5.41) is 6.39. The maximum atomic E-state index is 11.2. The Bertz CT molecular complexity index is 577. The summed E-state index contributed by atoms with van der Waals surface area (Å²) in [4.78, 5) is 15.9. The van der Waals surface area contributed by atoms with E-state index in [2.05, 4.69) is 49.5 Å². The van der Waals surface area contributed by atoms with Gasteiger partial charge in [-0.25, -0.2) is 0 Å². The van der Waals surface area contributed by atoms with Crippen LogP contribution in [-0.4, -0.2) is 38.7 Å². The second kappa shape index (κ2) is 10.2. The fourth-order valence-electron chi connectivity index (χ4n) is 2.46. The van der Waals surface area contributed by atoms with Crippen molar-refractivity contribution in [2.75, 3.05) is 26.7 Å². The Labute approximate surface area is 169 Å². The Kier molecular flexibility index (Phi) is 9.04. The summed E-state index contributed by atoms with van der Waals surface area (Å²) < 4.78 is 5.75. The second-order valence-corrected chi connectivity index (χ2v) is 6.65. The molecule has 1 aliphatic rings. The number of hydrogen-bond acceptors (Lipinski definition) is 3. The Morgan fingerprint density at radius 2 is 2.12 bits per heavy atom. The average molecular weight is 510 g/mol. The van der Waals surface area contributed by atoms with E-state index in [0.717, 1.165) is 36.4 Å². The Hall–Kier alpha value is -0.830. The number of methoxy groups -OCH3 is 1. The monoisotopic (exact) mass is 509 g/mol. The van der Waals surface area contributed by atoms with E-state index in [1.807, 2.05) is 13.0 Å². The van der Waals surface area contributed by atoms with E-state index < -0.39 is 0 Å². The topological polar surface area (TPSA) is 62.7 Å². The Morgan fingerprint density at radius 3 is 2.71 bits per heavy atom. The van der Waals surface area contributed by atoms with Gasteiger partial charge in [-0.3, -0.25) is 9.79 Å². The fraction of sp³-hybridized carbons (Fsp3) is 0.529. The third-order valence-electron chi connectivity index (χ3n) is 4.02. The largest absolute Gasteiger partial charge is 0.469 e. The van der Waals surface area contributed by atoms with E-state index in [9.17, 15) is 4.79 Å². The lowest BCUT2D eigenvalue weighted by molar-refractivity contribution is -0.140. The number of benzene rings is 1. The number of hydrogen-bond donors (Lipinski definition) is 2. The second-order valence-electron chi connectivity index (χ2n) is 5.74. The highest BCUT2D eigenvalue weighted by atomic mass is 127. The fourth-order valence-corrected chi connectivity index (χ4v) is 2.86. The highest BCUT2D eigenvalue weighted by Crippen LogP contribution is 2.48. The molecule has 1 aromatic rings. The van der Waals surface area contributed by atoms with Gasteiger partial charge in [-0.1, -0.05) is 28.1 Å². The van der Waals surface area contributed by atoms with Crippen molar-refractivity contribution in [1.29, 1.82) is 0 Å². The van der Waals surface area contributed by atoms with Crippen LogP contribution in [0.4, 0.5) is 0 Å². The zero-order valence-corrected chi connectivity index (χ0v) is 18.0. The first kappa shape index (κ1) is 21.2. The third-order valence-corrected chi connectivity index (χ3v) is 4.52. The molecule has 0 radical (unpaired) electrons. The molecule has 5 nitrogen and oxygen atoms in total. The molecule has 1 fully saturated rings. The van der Waals surface area contributed by atoms with Gasteiger partial charge >= 0.3 is 5.97 Å². The van der Waals surface area contributed by atoms with Crippen molar-refractivity contribution >= 4 is 51.8 Å². The lowest BCUT2D eigenvalue weighted by Gasteiger charge is -2.16. The van der Waals surface area contributed by atoms with Crippen LogP contribution >= 0.6 is 39.9 Å². The van der Waals surface area contributed by atoms with Gasteiger partial charge in [-0.05, 0) is 37.5 Å². The molecule has 1 aliphatic carbocycles. The van der Waals surface area contributed by atoms with E-state index in [1.165, 1.54) is 12.7 Å².